The van der Waals surface area contributed by atoms with Crippen LogP contribution in [0.25, 0.3) is 0 Å². The number of rotatable bonds is 6. The Morgan fingerprint density at radius 3 is 2.58 bits per heavy atom. The topological polar surface area (TPSA) is 119 Å². The van der Waals surface area contributed by atoms with Crippen molar-refractivity contribution in [3.63, 3.8) is 0 Å². The van der Waals surface area contributed by atoms with Gasteiger partial charge in [0.1, 0.15) is 18.1 Å². The van der Waals surface area contributed by atoms with E-state index >= 15 is 0 Å². The van der Waals surface area contributed by atoms with Gasteiger partial charge < -0.3 is 25.2 Å². The Morgan fingerprint density at radius 1 is 1.29 bits per heavy atom. The lowest BCUT2D eigenvalue weighted by Gasteiger charge is -2.09. The highest BCUT2D eigenvalue weighted by atomic mass is 127. The maximum atomic E-state index is 11.0. The summed E-state index contributed by atoms with van der Waals surface area (Å²) in [6.07, 6.45) is 0. The SMILES string of the molecule is CCNC(=NCc1ccc(C(N)=O)o1)NCc1nc(C)c(C)o1.I. The lowest BCUT2D eigenvalue weighted by molar-refractivity contribution is 0.0972. The first-order valence-corrected chi connectivity index (χ1v) is 7.33. The van der Waals surface area contributed by atoms with Gasteiger partial charge >= 0.3 is 0 Å². The number of hydrogen-bond donors (Lipinski definition) is 3. The number of guanidine groups is 1. The van der Waals surface area contributed by atoms with E-state index in [1.165, 1.54) is 6.07 Å². The fraction of sp³-hybridized carbons (Fsp3) is 0.400. The van der Waals surface area contributed by atoms with Crippen LogP contribution in [-0.4, -0.2) is 23.4 Å². The van der Waals surface area contributed by atoms with Crippen LogP contribution in [0.2, 0.25) is 0 Å². The Kier molecular flexibility index (Phi) is 7.75. The van der Waals surface area contributed by atoms with Crippen molar-refractivity contribution < 1.29 is 13.6 Å². The van der Waals surface area contributed by atoms with E-state index in [1.54, 1.807) is 6.07 Å². The van der Waals surface area contributed by atoms with E-state index in [2.05, 4.69) is 20.6 Å². The zero-order valence-corrected chi connectivity index (χ0v) is 16.2. The second-order valence-corrected chi connectivity index (χ2v) is 4.93. The van der Waals surface area contributed by atoms with Gasteiger partial charge in [-0.2, -0.15) is 0 Å². The van der Waals surface area contributed by atoms with E-state index in [0.29, 0.717) is 30.7 Å². The number of aliphatic imine (C=N–C) groups is 1. The molecule has 0 saturated heterocycles. The Bertz CT molecular complexity index is 688. The van der Waals surface area contributed by atoms with E-state index in [-0.39, 0.29) is 36.3 Å². The van der Waals surface area contributed by atoms with Crippen LogP contribution < -0.4 is 16.4 Å². The second-order valence-electron chi connectivity index (χ2n) is 4.93. The Labute approximate surface area is 157 Å². The molecule has 0 aliphatic carbocycles. The smallest absolute Gasteiger partial charge is 0.284 e. The third-order valence-electron chi connectivity index (χ3n) is 3.12. The van der Waals surface area contributed by atoms with Crippen LogP contribution in [0.15, 0.2) is 26.0 Å². The summed E-state index contributed by atoms with van der Waals surface area (Å²) in [7, 11) is 0. The van der Waals surface area contributed by atoms with E-state index in [0.717, 1.165) is 11.5 Å². The fourth-order valence-corrected chi connectivity index (χ4v) is 1.87. The Balaban J connectivity index is 0.00000288. The summed E-state index contributed by atoms with van der Waals surface area (Å²) in [6.45, 7) is 7.15. The van der Waals surface area contributed by atoms with Crippen LogP contribution in [0.1, 0.15) is 40.6 Å². The summed E-state index contributed by atoms with van der Waals surface area (Å²) in [5.41, 5.74) is 6.02. The molecular formula is C15H22IN5O3. The minimum atomic E-state index is -0.597. The highest BCUT2D eigenvalue weighted by molar-refractivity contribution is 14.0. The number of halogens is 1. The third-order valence-corrected chi connectivity index (χ3v) is 3.12. The number of carbonyl (C=O) groups is 1. The molecule has 0 atom stereocenters. The lowest BCUT2D eigenvalue weighted by atomic mass is 10.4. The van der Waals surface area contributed by atoms with Crippen molar-refractivity contribution in [3.05, 3.63) is 41.0 Å². The van der Waals surface area contributed by atoms with Crippen molar-refractivity contribution in [1.29, 1.82) is 0 Å². The van der Waals surface area contributed by atoms with Crippen LogP contribution in [0.5, 0.6) is 0 Å². The number of hydrogen-bond acceptors (Lipinski definition) is 5. The van der Waals surface area contributed by atoms with Crippen LogP contribution in [0, 0.1) is 13.8 Å². The largest absolute Gasteiger partial charge is 0.454 e. The molecule has 0 fully saturated rings. The molecule has 0 unspecified atom stereocenters. The summed E-state index contributed by atoms with van der Waals surface area (Å²) >= 11 is 0. The van der Waals surface area contributed by atoms with Gasteiger partial charge in [-0.15, -0.1) is 24.0 Å². The Hall–Kier alpha value is -2.04. The molecule has 2 heterocycles. The predicted molar refractivity (Wildman–Crippen MR) is 100 cm³/mol. The van der Waals surface area contributed by atoms with Crippen molar-refractivity contribution in [1.82, 2.24) is 15.6 Å². The van der Waals surface area contributed by atoms with E-state index in [9.17, 15) is 4.79 Å². The van der Waals surface area contributed by atoms with Gasteiger partial charge in [-0.3, -0.25) is 4.79 Å². The number of primary amides is 1. The molecule has 0 saturated carbocycles. The van der Waals surface area contributed by atoms with Gasteiger partial charge in [0.15, 0.2) is 11.7 Å². The molecule has 0 spiro atoms. The van der Waals surface area contributed by atoms with Gasteiger partial charge in [-0.1, -0.05) is 0 Å². The zero-order valence-electron chi connectivity index (χ0n) is 13.9. The standard InChI is InChI=1S/C15H21N5O3.HI/c1-4-17-15(19-8-13-20-9(2)10(3)22-13)18-7-11-5-6-12(23-11)14(16)21;/h5-6H,4,7-8H2,1-3H3,(H2,16,21)(H2,17,18,19);1H. The number of nitrogens with one attached hydrogen (secondary N) is 2. The highest BCUT2D eigenvalue weighted by Gasteiger charge is 2.08. The average molecular weight is 447 g/mol. The number of carbonyl (C=O) groups excluding carboxylic acids is 1. The minimum Gasteiger partial charge on any atom is -0.454 e. The number of nitrogens with zero attached hydrogens (tertiary/aromatic N) is 2. The molecule has 0 bridgehead atoms. The molecule has 0 aromatic carbocycles. The number of aromatic nitrogens is 1. The number of aryl methyl sites for hydroxylation is 2. The predicted octanol–water partition coefficient (Wildman–Crippen LogP) is 1.86. The number of amides is 1. The summed E-state index contributed by atoms with van der Waals surface area (Å²) in [5, 5.41) is 6.24. The van der Waals surface area contributed by atoms with E-state index in [1.807, 2.05) is 20.8 Å². The lowest BCUT2D eigenvalue weighted by Crippen LogP contribution is -2.36. The molecule has 0 aliphatic heterocycles. The normalized spacial score (nSPS) is 11.0. The minimum absolute atomic E-state index is 0. The summed E-state index contributed by atoms with van der Waals surface area (Å²) in [5.74, 6) is 2.08. The highest BCUT2D eigenvalue weighted by Crippen LogP contribution is 2.09. The van der Waals surface area contributed by atoms with Crippen molar-refractivity contribution in [2.45, 2.75) is 33.9 Å². The van der Waals surface area contributed by atoms with E-state index < -0.39 is 5.91 Å². The zero-order chi connectivity index (χ0) is 16.8. The third kappa shape index (κ3) is 5.55. The second kappa shape index (κ2) is 9.30. The maximum absolute atomic E-state index is 11.0. The van der Waals surface area contributed by atoms with E-state index in [4.69, 9.17) is 14.6 Å². The Morgan fingerprint density at radius 2 is 2.04 bits per heavy atom. The van der Waals surface area contributed by atoms with Gasteiger partial charge in [0.25, 0.3) is 5.91 Å². The number of furan rings is 1. The van der Waals surface area contributed by atoms with Gasteiger partial charge in [-0.05, 0) is 32.9 Å². The van der Waals surface area contributed by atoms with Gasteiger partial charge in [-0.25, -0.2) is 9.98 Å². The van der Waals surface area contributed by atoms with Gasteiger partial charge in [0.05, 0.1) is 12.2 Å². The van der Waals surface area contributed by atoms with Crippen molar-refractivity contribution in [3.8, 4) is 0 Å². The summed E-state index contributed by atoms with van der Waals surface area (Å²) in [4.78, 5) is 19.7. The van der Waals surface area contributed by atoms with Crippen molar-refractivity contribution in [2.24, 2.45) is 10.7 Å². The molecule has 24 heavy (non-hydrogen) atoms. The molecule has 9 heteroatoms. The first-order valence-electron chi connectivity index (χ1n) is 7.33. The molecule has 132 valence electrons. The van der Waals surface area contributed by atoms with Crippen molar-refractivity contribution >= 4 is 35.8 Å². The van der Waals surface area contributed by atoms with Crippen LogP contribution >= 0.6 is 24.0 Å². The van der Waals surface area contributed by atoms with Gasteiger partial charge in [0, 0.05) is 6.54 Å². The number of oxazole rings is 1. The molecule has 2 rings (SSSR count). The fourth-order valence-electron chi connectivity index (χ4n) is 1.87. The van der Waals surface area contributed by atoms with Crippen LogP contribution in [0.3, 0.4) is 0 Å². The van der Waals surface area contributed by atoms with Crippen LogP contribution in [-0.2, 0) is 13.1 Å². The van der Waals surface area contributed by atoms with Gasteiger partial charge in [0.2, 0.25) is 5.89 Å². The molecule has 8 nitrogen and oxygen atoms in total. The maximum Gasteiger partial charge on any atom is 0.284 e. The molecule has 2 aromatic rings. The number of nitrogens with two attached hydrogens (primary N) is 1. The van der Waals surface area contributed by atoms with Crippen LogP contribution in [0.4, 0.5) is 0 Å². The molecular weight excluding hydrogens is 425 g/mol. The molecule has 2 aromatic heterocycles. The molecule has 0 aliphatic rings. The average Bonchev–Trinajstić information content (AvgIpc) is 3.10. The summed E-state index contributed by atoms with van der Waals surface area (Å²) < 4.78 is 10.8. The summed E-state index contributed by atoms with van der Waals surface area (Å²) in [6, 6.07) is 3.21. The first-order chi connectivity index (χ1) is 11.0. The molecule has 1 amide bonds. The quantitative estimate of drug-likeness (QED) is 0.354. The van der Waals surface area contributed by atoms with Crippen molar-refractivity contribution in [2.75, 3.05) is 6.54 Å². The first kappa shape index (κ1) is 20.0. The molecule has 4 N–H and O–H groups in total. The molecule has 0 radical (unpaired) electrons. The monoisotopic (exact) mass is 447 g/mol.